The maximum absolute atomic E-state index is 12.6. The Morgan fingerprint density at radius 2 is 1.81 bits per heavy atom. The number of hydrogen-bond acceptors (Lipinski definition) is 3. The second-order valence-corrected chi connectivity index (χ2v) is 9.38. The normalized spacial score (nSPS) is 23.8. The third kappa shape index (κ3) is 5.28. The van der Waals surface area contributed by atoms with E-state index in [0.717, 1.165) is 13.1 Å². The first-order chi connectivity index (χ1) is 12.3. The van der Waals surface area contributed by atoms with Gasteiger partial charge in [0.05, 0.1) is 18.0 Å². The molecule has 0 bridgehead atoms. The standard InChI is InChI=1S/C19H31N3O3S/c1-5-22(6-2)26(24,25)18-9-7-8-17(11-18)20-19(23)14-21-12-15(3)10-16(4)13-21/h7-9,11,15-16H,5-6,10,12-14H2,1-4H3,(H,20,23)/p+1/t15-,16-/m1/s1. The number of sulfonamides is 1. The highest BCUT2D eigenvalue weighted by Crippen LogP contribution is 2.19. The number of carbonyl (C=O) groups excluding carboxylic acids is 1. The molecule has 2 atom stereocenters. The van der Waals surface area contributed by atoms with E-state index in [9.17, 15) is 13.2 Å². The molecule has 2 N–H and O–H groups in total. The van der Waals surface area contributed by atoms with Crippen molar-refractivity contribution in [3.8, 4) is 0 Å². The molecular formula is C19H32N3O3S+. The van der Waals surface area contributed by atoms with Gasteiger partial charge in [-0.15, -0.1) is 0 Å². The summed E-state index contributed by atoms with van der Waals surface area (Å²) < 4.78 is 26.7. The molecule has 146 valence electrons. The van der Waals surface area contributed by atoms with Crippen LogP contribution in [0.2, 0.25) is 0 Å². The third-order valence-corrected chi connectivity index (χ3v) is 7.00. The molecule has 0 saturated carbocycles. The van der Waals surface area contributed by atoms with Gasteiger partial charge < -0.3 is 10.2 Å². The monoisotopic (exact) mass is 382 g/mol. The van der Waals surface area contributed by atoms with Crippen LogP contribution in [0.1, 0.15) is 34.1 Å². The number of nitrogens with one attached hydrogen (secondary N) is 2. The van der Waals surface area contributed by atoms with Crippen molar-refractivity contribution in [2.24, 2.45) is 11.8 Å². The number of piperidine rings is 1. The third-order valence-electron chi connectivity index (χ3n) is 4.95. The van der Waals surface area contributed by atoms with Crippen molar-refractivity contribution in [3.05, 3.63) is 24.3 Å². The lowest BCUT2D eigenvalue weighted by Crippen LogP contribution is -3.15. The lowest BCUT2D eigenvalue weighted by atomic mass is 9.92. The second kappa shape index (κ2) is 8.97. The zero-order valence-corrected chi connectivity index (χ0v) is 17.1. The van der Waals surface area contributed by atoms with E-state index in [0.29, 0.717) is 37.2 Å². The quantitative estimate of drug-likeness (QED) is 0.745. The van der Waals surface area contributed by atoms with Crippen LogP contribution in [0.4, 0.5) is 5.69 Å². The van der Waals surface area contributed by atoms with E-state index in [4.69, 9.17) is 0 Å². The van der Waals surface area contributed by atoms with Crippen molar-refractivity contribution < 1.29 is 18.1 Å². The maximum atomic E-state index is 12.6. The summed E-state index contributed by atoms with van der Waals surface area (Å²) >= 11 is 0. The number of amides is 1. The number of hydrogen-bond donors (Lipinski definition) is 2. The maximum Gasteiger partial charge on any atom is 0.279 e. The Bertz CT molecular complexity index is 706. The molecule has 0 aromatic heterocycles. The molecule has 0 unspecified atom stereocenters. The largest absolute Gasteiger partial charge is 0.327 e. The van der Waals surface area contributed by atoms with Gasteiger partial charge in [-0.25, -0.2) is 8.42 Å². The van der Waals surface area contributed by atoms with Gasteiger partial charge in [0, 0.05) is 30.6 Å². The predicted molar refractivity (Wildman–Crippen MR) is 104 cm³/mol. The van der Waals surface area contributed by atoms with Gasteiger partial charge in [0.1, 0.15) is 0 Å². The highest BCUT2D eigenvalue weighted by molar-refractivity contribution is 7.89. The van der Waals surface area contributed by atoms with Crippen molar-refractivity contribution in [2.45, 2.75) is 39.0 Å². The van der Waals surface area contributed by atoms with Gasteiger partial charge in [0.2, 0.25) is 10.0 Å². The van der Waals surface area contributed by atoms with E-state index in [1.54, 1.807) is 24.3 Å². The molecule has 0 aliphatic carbocycles. The Morgan fingerprint density at radius 1 is 1.19 bits per heavy atom. The average Bonchev–Trinajstić information content (AvgIpc) is 2.54. The Morgan fingerprint density at radius 3 is 2.38 bits per heavy atom. The molecule has 0 spiro atoms. The first-order valence-electron chi connectivity index (χ1n) is 9.49. The molecule has 1 saturated heterocycles. The molecule has 1 amide bonds. The molecule has 2 rings (SSSR count). The van der Waals surface area contributed by atoms with Gasteiger partial charge in [0.15, 0.2) is 6.54 Å². The van der Waals surface area contributed by atoms with E-state index < -0.39 is 10.0 Å². The summed E-state index contributed by atoms with van der Waals surface area (Å²) in [6, 6.07) is 6.52. The minimum absolute atomic E-state index is 0.0707. The van der Waals surface area contributed by atoms with Crippen molar-refractivity contribution in [1.82, 2.24) is 4.31 Å². The number of benzene rings is 1. The Kier molecular flexibility index (Phi) is 7.20. The van der Waals surface area contributed by atoms with Crippen LogP contribution in [0, 0.1) is 11.8 Å². The van der Waals surface area contributed by atoms with Gasteiger partial charge in [-0.05, 0) is 24.6 Å². The van der Waals surface area contributed by atoms with Crippen LogP contribution in [-0.2, 0) is 14.8 Å². The fourth-order valence-electron chi connectivity index (χ4n) is 3.95. The van der Waals surface area contributed by atoms with Gasteiger partial charge in [-0.3, -0.25) is 4.79 Å². The van der Waals surface area contributed by atoms with Crippen LogP contribution >= 0.6 is 0 Å². The minimum Gasteiger partial charge on any atom is -0.327 e. The van der Waals surface area contributed by atoms with Crippen LogP contribution in [0.25, 0.3) is 0 Å². The molecule has 26 heavy (non-hydrogen) atoms. The van der Waals surface area contributed by atoms with Crippen molar-refractivity contribution >= 4 is 21.6 Å². The molecule has 1 aliphatic heterocycles. The van der Waals surface area contributed by atoms with Gasteiger partial charge in [0.25, 0.3) is 5.91 Å². The van der Waals surface area contributed by atoms with Gasteiger partial charge in [-0.1, -0.05) is 33.8 Å². The molecule has 1 fully saturated rings. The molecule has 1 heterocycles. The van der Waals surface area contributed by atoms with E-state index in [-0.39, 0.29) is 10.8 Å². The molecule has 0 radical (unpaired) electrons. The number of rotatable bonds is 7. The summed E-state index contributed by atoms with van der Waals surface area (Å²) in [4.78, 5) is 13.9. The van der Waals surface area contributed by atoms with Gasteiger partial charge >= 0.3 is 0 Å². The summed E-state index contributed by atoms with van der Waals surface area (Å²) in [5.41, 5.74) is 0.528. The summed E-state index contributed by atoms with van der Waals surface area (Å²) in [5, 5.41) is 2.86. The molecule has 1 aliphatic rings. The lowest BCUT2D eigenvalue weighted by molar-refractivity contribution is -0.904. The fourth-order valence-corrected chi connectivity index (χ4v) is 5.45. The van der Waals surface area contributed by atoms with Crippen LogP contribution in [0.5, 0.6) is 0 Å². The average molecular weight is 383 g/mol. The molecular weight excluding hydrogens is 350 g/mol. The number of anilines is 1. The predicted octanol–water partition coefficient (Wildman–Crippen LogP) is 1.22. The van der Waals surface area contributed by atoms with Crippen molar-refractivity contribution in [3.63, 3.8) is 0 Å². The van der Waals surface area contributed by atoms with Crippen LogP contribution in [-0.4, -0.2) is 51.4 Å². The Balaban J connectivity index is 2.05. The van der Waals surface area contributed by atoms with E-state index in [1.165, 1.54) is 15.6 Å². The first kappa shape index (κ1) is 20.9. The summed E-state index contributed by atoms with van der Waals surface area (Å²) in [6.45, 7) is 11.4. The first-order valence-corrected chi connectivity index (χ1v) is 10.9. The summed E-state index contributed by atoms with van der Waals surface area (Å²) in [7, 11) is -3.52. The van der Waals surface area contributed by atoms with E-state index in [2.05, 4.69) is 19.2 Å². The highest BCUT2D eigenvalue weighted by Gasteiger charge is 2.27. The fraction of sp³-hybridized carbons (Fsp3) is 0.632. The highest BCUT2D eigenvalue weighted by atomic mass is 32.2. The van der Waals surface area contributed by atoms with Crippen LogP contribution < -0.4 is 10.2 Å². The summed E-state index contributed by atoms with van der Waals surface area (Å²) in [6.07, 6.45) is 1.22. The zero-order valence-electron chi connectivity index (χ0n) is 16.3. The Hall–Kier alpha value is -1.44. The van der Waals surface area contributed by atoms with E-state index in [1.807, 2.05) is 13.8 Å². The van der Waals surface area contributed by atoms with Gasteiger partial charge in [-0.2, -0.15) is 4.31 Å². The number of quaternary nitrogens is 1. The Labute approximate surface area is 157 Å². The zero-order chi connectivity index (χ0) is 19.3. The molecule has 1 aromatic rings. The topological polar surface area (TPSA) is 70.9 Å². The minimum atomic E-state index is -3.52. The summed E-state index contributed by atoms with van der Waals surface area (Å²) in [5.74, 6) is 1.19. The van der Waals surface area contributed by atoms with Crippen molar-refractivity contribution in [1.29, 1.82) is 0 Å². The molecule has 1 aromatic carbocycles. The SMILES string of the molecule is CCN(CC)S(=O)(=O)c1cccc(NC(=O)C[NH+]2C[C@H](C)C[C@@H](C)C2)c1. The number of likely N-dealkylation sites (tertiary alicyclic amines) is 1. The van der Waals surface area contributed by atoms with Crippen LogP contribution in [0.15, 0.2) is 29.2 Å². The van der Waals surface area contributed by atoms with Crippen LogP contribution in [0.3, 0.4) is 0 Å². The molecule has 6 nitrogen and oxygen atoms in total. The molecule has 7 heteroatoms. The van der Waals surface area contributed by atoms with Crippen molar-refractivity contribution in [2.75, 3.05) is 38.0 Å². The number of nitrogens with zero attached hydrogens (tertiary/aromatic N) is 1. The number of carbonyl (C=O) groups is 1. The second-order valence-electron chi connectivity index (χ2n) is 7.45. The lowest BCUT2D eigenvalue weighted by Gasteiger charge is -2.31. The smallest absolute Gasteiger partial charge is 0.279 e. The van der Waals surface area contributed by atoms with E-state index >= 15 is 0 Å².